The number of hydrogen-bond acceptors (Lipinski definition) is 5. The van der Waals surface area contributed by atoms with Crippen molar-refractivity contribution in [2.24, 2.45) is 12.5 Å². The minimum Gasteiger partial charge on any atom is -0.507 e. The van der Waals surface area contributed by atoms with Crippen LogP contribution in [-0.4, -0.2) is 52.3 Å². The predicted octanol–water partition coefficient (Wildman–Crippen LogP) is 2.73. The highest BCUT2D eigenvalue weighted by atomic mass is 16.3. The summed E-state index contributed by atoms with van der Waals surface area (Å²) in [5, 5.41) is 30.7. The number of aromatic hydroxyl groups is 1. The zero-order chi connectivity index (χ0) is 22.0. The van der Waals surface area contributed by atoms with Gasteiger partial charge in [0.1, 0.15) is 11.6 Å². The van der Waals surface area contributed by atoms with Gasteiger partial charge in [-0.15, -0.1) is 0 Å². The highest BCUT2D eigenvalue weighted by Crippen LogP contribution is 2.36. The van der Waals surface area contributed by atoms with Gasteiger partial charge >= 0.3 is 0 Å². The van der Waals surface area contributed by atoms with Gasteiger partial charge in [0.15, 0.2) is 0 Å². The number of pyridine rings is 1. The number of hydrogen-bond donors (Lipinski definition) is 4. The molecule has 162 valence electrons. The van der Waals surface area contributed by atoms with Gasteiger partial charge in [-0.3, -0.25) is 10.2 Å². The molecule has 7 nitrogen and oxygen atoms in total. The smallest absolute Gasteiger partial charge is 0.250 e. The first-order valence-corrected chi connectivity index (χ1v) is 10.7. The van der Waals surface area contributed by atoms with Crippen molar-refractivity contribution in [1.82, 2.24) is 14.8 Å². The third kappa shape index (κ3) is 4.46. The molecule has 1 spiro atoms. The van der Waals surface area contributed by atoms with Crippen LogP contribution in [0, 0.1) is 16.2 Å². The number of phenols is 1. The molecule has 2 aliphatic heterocycles. The van der Waals surface area contributed by atoms with Crippen molar-refractivity contribution in [3.8, 4) is 16.9 Å². The molecule has 2 aromatic rings. The van der Waals surface area contributed by atoms with Gasteiger partial charge in [-0.25, -0.2) is 0 Å². The average Bonchev–Trinajstić information content (AvgIpc) is 3.17. The van der Waals surface area contributed by atoms with E-state index in [9.17, 15) is 9.90 Å². The van der Waals surface area contributed by atoms with Gasteiger partial charge in [-0.2, -0.15) is 0 Å². The third-order valence-electron chi connectivity index (χ3n) is 6.47. The van der Waals surface area contributed by atoms with E-state index in [0.29, 0.717) is 22.5 Å². The van der Waals surface area contributed by atoms with Crippen molar-refractivity contribution in [3.05, 3.63) is 64.6 Å². The van der Waals surface area contributed by atoms with Crippen molar-refractivity contribution in [2.75, 3.05) is 26.2 Å². The molecule has 0 radical (unpaired) electrons. The molecule has 1 aromatic carbocycles. The largest absolute Gasteiger partial charge is 0.507 e. The van der Waals surface area contributed by atoms with E-state index in [1.165, 1.54) is 23.5 Å². The van der Waals surface area contributed by atoms with E-state index in [1.54, 1.807) is 43.6 Å². The average molecular weight is 420 g/mol. The van der Waals surface area contributed by atoms with Gasteiger partial charge in [-0.1, -0.05) is 6.07 Å². The number of rotatable bonds is 4. The van der Waals surface area contributed by atoms with Crippen LogP contribution >= 0.6 is 0 Å². The first-order chi connectivity index (χ1) is 14.9. The normalized spacial score (nSPS) is 21.1. The quantitative estimate of drug-likeness (QED) is 0.452. The molecule has 1 unspecified atom stereocenters. The summed E-state index contributed by atoms with van der Waals surface area (Å²) < 4.78 is 1.49. The number of likely N-dealkylation sites (tertiary alicyclic amines) is 1. The van der Waals surface area contributed by atoms with E-state index < -0.39 is 0 Å². The Morgan fingerprint density at radius 2 is 1.97 bits per heavy atom. The molecule has 0 saturated carbocycles. The summed E-state index contributed by atoms with van der Waals surface area (Å²) in [5.74, 6) is 0.385. The summed E-state index contributed by atoms with van der Waals surface area (Å²) >= 11 is 0. The Morgan fingerprint density at radius 1 is 1.16 bits per heavy atom. The van der Waals surface area contributed by atoms with Gasteiger partial charge in [0, 0.05) is 49.9 Å². The fourth-order valence-electron chi connectivity index (χ4n) is 4.54. The Labute approximate surface area is 182 Å². The zero-order valence-electron chi connectivity index (χ0n) is 17.8. The van der Waals surface area contributed by atoms with Crippen molar-refractivity contribution in [3.63, 3.8) is 0 Å². The van der Waals surface area contributed by atoms with Crippen LogP contribution in [0.25, 0.3) is 11.1 Å². The van der Waals surface area contributed by atoms with Gasteiger partial charge < -0.3 is 25.3 Å². The lowest BCUT2D eigenvalue weighted by Crippen LogP contribution is -2.42. The van der Waals surface area contributed by atoms with Crippen molar-refractivity contribution >= 4 is 11.5 Å². The van der Waals surface area contributed by atoms with Gasteiger partial charge in [0.2, 0.25) is 0 Å². The highest BCUT2D eigenvalue weighted by Gasteiger charge is 2.39. The molecule has 0 aliphatic carbocycles. The second-order valence-corrected chi connectivity index (χ2v) is 8.68. The zero-order valence-corrected chi connectivity index (χ0v) is 17.8. The minimum atomic E-state index is -0.122. The maximum atomic E-state index is 11.9. The van der Waals surface area contributed by atoms with E-state index in [0.717, 1.165) is 32.6 Å². The molecule has 0 bridgehead atoms. The number of aryl methyl sites for hydroxylation is 1. The fourth-order valence-corrected chi connectivity index (χ4v) is 4.54. The number of nitrogens with one attached hydrogen (secondary N) is 3. The molecule has 4 rings (SSSR count). The Kier molecular flexibility index (Phi) is 5.78. The van der Waals surface area contributed by atoms with E-state index in [-0.39, 0.29) is 22.4 Å². The van der Waals surface area contributed by atoms with Gasteiger partial charge in [-0.05, 0) is 67.3 Å². The van der Waals surface area contributed by atoms with E-state index in [1.807, 2.05) is 6.07 Å². The Hall–Kier alpha value is -3.19. The van der Waals surface area contributed by atoms with Crippen LogP contribution < -0.4 is 10.9 Å². The van der Waals surface area contributed by atoms with Crippen LogP contribution in [0.2, 0.25) is 0 Å². The molecule has 1 atom stereocenters. The number of amidine groups is 1. The standard InChI is InChI=1S/C24H29N5O2/c1-28-11-7-18(14-23(28)31)17-3-4-19(21(30)13-17)20(25)5-6-22(26)29-12-9-24(16-29)8-2-10-27-15-24/h3-7,11,13-14,25-27,30H,2,8-10,12,15-16H2,1H3/b6-5-,25-20?,26-22?. The fraction of sp³-hybridized carbons (Fsp3) is 0.375. The van der Waals surface area contributed by atoms with E-state index >= 15 is 0 Å². The van der Waals surface area contributed by atoms with Gasteiger partial charge in [0.25, 0.3) is 5.56 Å². The monoisotopic (exact) mass is 419 g/mol. The van der Waals surface area contributed by atoms with Crippen LogP contribution in [0.4, 0.5) is 0 Å². The first-order valence-electron chi connectivity index (χ1n) is 10.7. The molecule has 0 amide bonds. The predicted molar refractivity (Wildman–Crippen MR) is 123 cm³/mol. The molecule has 3 heterocycles. The van der Waals surface area contributed by atoms with E-state index in [2.05, 4.69) is 10.2 Å². The molecule has 31 heavy (non-hydrogen) atoms. The minimum absolute atomic E-state index is 0.0206. The molecule has 2 fully saturated rings. The van der Waals surface area contributed by atoms with Crippen LogP contribution in [-0.2, 0) is 7.05 Å². The lowest BCUT2D eigenvalue weighted by Gasteiger charge is -2.33. The summed E-state index contributed by atoms with van der Waals surface area (Å²) in [5.41, 5.74) is 2.12. The van der Waals surface area contributed by atoms with E-state index in [4.69, 9.17) is 10.8 Å². The Bertz CT molecular complexity index is 1100. The van der Waals surface area contributed by atoms with Crippen molar-refractivity contribution in [2.45, 2.75) is 19.3 Å². The Morgan fingerprint density at radius 3 is 2.68 bits per heavy atom. The number of phenolic OH excluding ortho intramolecular Hbond substituents is 1. The Balaban J connectivity index is 1.43. The third-order valence-corrected chi connectivity index (χ3v) is 6.47. The number of benzene rings is 1. The molecule has 7 heteroatoms. The summed E-state index contributed by atoms with van der Waals surface area (Å²) in [6.07, 6.45) is 8.39. The maximum absolute atomic E-state index is 11.9. The summed E-state index contributed by atoms with van der Waals surface area (Å²) in [7, 11) is 1.69. The lowest BCUT2D eigenvalue weighted by atomic mass is 9.80. The van der Waals surface area contributed by atoms with Crippen molar-refractivity contribution in [1.29, 1.82) is 10.8 Å². The summed E-state index contributed by atoms with van der Waals surface area (Å²) in [4.78, 5) is 13.9. The first kappa shape index (κ1) is 21.1. The molecule has 2 aliphatic rings. The van der Waals surface area contributed by atoms with Crippen LogP contribution in [0.15, 0.2) is 53.5 Å². The van der Waals surface area contributed by atoms with Gasteiger partial charge in [0.05, 0.1) is 5.71 Å². The maximum Gasteiger partial charge on any atom is 0.250 e. The highest BCUT2D eigenvalue weighted by molar-refractivity contribution is 6.11. The summed E-state index contributed by atoms with van der Waals surface area (Å²) in [6.45, 7) is 3.85. The van der Waals surface area contributed by atoms with Crippen LogP contribution in [0.1, 0.15) is 24.8 Å². The molecule has 1 aromatic heterocycles. The van der Waals surface area contributed by atoms with Crippen molar-refractivity contribution < 1.29 is 5.11 Å². The SMILES string of the molecule is Cn1ccc(-c2ccc(C(=N)/C=C\C(=N)N3CCC4(CCCNC4)C3)c(O)c2)cc1=O. The number of piperidine rings is 1. The topological polar surface area (TPSA) is 105 Å². The molecular weight excluding hydrogens is 390 g/mol. The molecule has 4 N–H and O–H groups in total. The number of aromatic nitrogens is 1. The summed E-state index contributed by atoms with van der Waals surface area (Å²) in [6, 6.07) is 8.37. The number of nitrogens with zero attached hydrogens (tertiary/aromatic N) is 2. The second-order valence-electron chi connectivity index (χ2n) is 8.68. The van der Waals surface area contributed by atoms with Crippen LogP contribution in [0.3, 0.4) is 0 Å². The lowest BCUT2D eigenvalue weighted by molar-refractivity contribution is 0.223. The van der Waals surface area contributed by atoms with Crippen LogP contribution in [0.5, 0.6) is 5.75 Å². The number of allylic oxidation sites excluding steroid dienone is 1. The molecular formula is C24H29N5O2. The second kappa shape index (κ2) is 8.51. The molecule has 2 saturated heterocycles.